The first kappa shape index (κ1) is 20.0. The number of hydrogen-bond acceptors (Lipinski definition) is 5. The Labute approximate surface area is 143 Å². The zero-order valence-electron chi connectivity index (χ0n) is 15.3. The zero-order valence-corrected chi connectivity index (χ0v) is 15.3. The van der Waals surface area contributed by atoms with Crippen molar-refractivity contribution in [2.24, 2.45) is 5.73 Å². The maximum Gasteiger partial charge on any atom is 0.412 e. The van der Waals surface area contributed by atoms with Crippen LogP contribution in [0.25, 0.3) is 0 Å². The normalized spacial score (nSPS) is 13.1. The van der Waals surface area contributed by atoms with Crippen LogP contribution in [0.4, 0.5) is 10.5 Å². The third kappa shape index (κ3) is 7.97. The van der Waals surface area contributed by atoms with Gasteiger partial charge in [0.2, 0.25) is 0 Å². The van der Waals surface area contributed by atoms with Crippen molar-refractivity contribution in [3.05, 3.63) is 29.8 Å². The van der Waals surface area contributed by atoms with Crippen LogP contribution in [-0.2, 0) is 20.7 Å². The lowest BCUT2D eigenvalue weighted by atomic mass is 10.1. The van der Waals surface area contributed by atoms with Crippen molar-refractivity contribution in [2.75, 3.05) is 5.32 Å². The summed E-state index contributed by atoms with van der Waals surface area (Å²) < 4.78 is 10.4. The monoisotopic (exact) mass is 336 g/mol. The number of ether oxygens (including phenoxy) is 2. The van der Waals surface area contributed by atoms with E-state index in [0.717, 1.165) is 5.56 Å². The molecular formula is C18H28N2O4. The van der Waals surface area contributed by atoms with E-state index >= 15 is 0 Å². The molecule has 1 aromatic rings. The third-order valence-electron chi connectivity index (χ3n) is 2.76. The highest BCUT2D eigenvalue weighted by Gasteiger charge is 2.22. The number of esters is 1. The van der Waals surface area contributed by atoms with Gasteiger partial charge < -0.3 is 15.2 Å². The SMILES string of the molecule is CC(C)(C)OC(=O)Nc1ccc(C[C@H](N)C(=O)OC(C)(C)C)cc1. The van der Waals surface area contributed by atoms with Gasteiger partial charge in [-0.25, -0.2) is 4.79 Å². The third-order valence-corrected chi connectivity index (χ3v) is 2.76. The van der Waals surface area contributed by atoms with E-state index in [2.05, 4.69) is 5.32 Å². The Morgan fingerprint density at radius 2 is 1.50 bits per heavy atom. The highest BCUT2D eigenvalue weighted by Crippen LogP contribution is 2.15. The van der Waals surface area contributed by atoms with Crippen LogP contribution < -0.4 is 11.1 Å². The van der Waals surface area contributed by atoms with E-state index in [0.29, 0.717) is 12.1 Å². The molecule has 6 heteroatoms. The lowest BCUT2D eigenvalue weighted by Gasteiger charge is -2.22. The van der Waals surface area contributed by atoms with Crippen LogP contribution >= 0.6 is 0 Å². The van der Waals surface area contributed by atoms with E-state index in [4.69, 9.17) is 15.2 Å². The van der Waals surface area contributed by atoms with Crippen molar-refractivity contribution in [1.29, 1.82) is 0 Å². The minimum atomic E-state index is -0.728. The minimum Gasteiger partial charge on any atom is -0.459 e. The molecule has 0 aliphatic rings. The molecule has 1 rings (SSSR count). The summed E-state index contributed by atoms with van der Waals surface area (Å²) in [5.74, 6) is -0.432. The average Bonchev–Trinajstić information content (AvgIpc) is 2.36. The number of nitrogens with one attached hydrogen (secondary N) is 1. The topological polar surface area (TPSA) is 90.6 Å². The van der Waals surface area contributed by atoms with Gasteiger partial charge >= 0.3 is 12.1 Å². The largest absolute Gasteiger partial charge is 0.459 e. The molecular weight excluding hydrogens is 308 g/mol. The molecule has 0 spiro atoms. The molecule has 0 aromatic heterocycles. The van der Waals surface area contributed by atoms with E-state index < -0.39 is 29.3 Å². The summed E-state index contributed by atoms with van der Waals surface area (Å²) in [6, 6.07) is 6.35. The molecule has 1 atom stereocenters. The molecule has 0 aliphatic heterocycles. The fraction of sp³-hybridized carbons (Fsp3) is 0.556. The van der Waals surface area contributed by atoms with Gasteiger partial charge in [-0.1, -0.05) is 12.1 Å². The maximum absolute atomic E-state index is 11.9. The van der Waals surface area contributed by atoms with Crippen molar-refractivity contribution in [1.82, 2.24) is 0 Å². The molecule has 0 heterocycles. The molecule has 6 nitrogen and oxygen atoms in total. The number of anilines is 1. The highest BCUT2D eigenvalue weighted by atomic mass is 16.6. The maximum atomic E-state index is 11.9. The van der Waals surface area contributed by atoms with Gasteiger partial charge in [0.25, 0.3) is 0 Å². The predicted octanol–water partition coefficient (Wildman–Crippen LogP) is 3.25. The number of carbonyl (C=O) groups excluding carboxylic acids is 2. The minimum absolute atomic E-state index is 0.363. The summed E-state index contributed by atoms with van der Waals surface area (Å²) in [6.45, 7) is 10.8. The van der Waals surface area contributed by atoms with Crippen LogP contribution in [0.2, 0.25) is 0 Å². The Morgan fingerprint density at radius 3 is 1.96 bits per heavy atom. The van der Waals surface area contributed by atoms with Gasteiger partial charge in [0.1, 0.15) is 17.2 Å². The van der Waals surface area contributed by atoms with E-state index in [-0.39, 0.29) is 0 Å². The second-order valence-electron chi connectivity index (χ2n) is 7.67. The molecule has 0 saturated carbocycles. The van der Waals surface area contributed by atoms with Crippen LogP contribution in [0.15, 0.2) is 24.3 Å². The molecule has 1 amide bonds. The standard InChI is InChI=1S/C18H28N2O4/c1-17(2,3)23-15(21)14(19)11-12-7-9-13(10-8-12)20-16(22)24-18(4,5)6/h7-10,14H,11,19H2,1-6H3,(H,20,22)/t14-/m0/s1. The van der Waals surface area contributed by atoms with Crippen LogP contribution in [0, 0.1) is 0 Å². The van der Waals surface area contributed by atoms with Crippen LogP contribution in [0.5, 0.6) is 0 Å². The summed E-state index contributed by atoms with van der Waals surface area (Å²) in [4.78, 5) is 23.6. The van der Waals surface area contributed by atoms with Gasteiger partial charge in [0.15, 0.2) is 0 Å². The Kier molecular flexibility index (Phi) is 6.37. The second kappa shape index (κ2) is 7.66. The molecule has 0 saturated heterocycles. The Balaban J connectivity index is 2.58. The van der Waals surface area contributed by atoms with Gasteiger partial charge in [-0.2, -0.15) is 0 Å². The number of rotatable bonds is 4. The van der Waals surface area contributed by atoms with Crippen LogP contribution in [0.3, 0.4) is 0 Å². The molecule has 1 aromatic carbocycles. The van der Waals surface area contributed by atoms with E-state index in [1.54, 1.807) is 65.8 Å². The van der Waals surface area contributed by atoms with Crippen molar-refractivity contribution in [2.45, 2.75) is 65.2 Å². The Hall–Kier alpha value is -2.08. The van der Waals surface area contributed by atoms with Gasteiger partial charge in [0, 0.05) is 5.69 Å². The number of amides is 1. The van der Waals surface area contributed by atoms with Crippen molar-refractivity contribution in [3.63, 3.8) is 0 Å². The number of benzene rings is 1. The van der Waals surface area contributed by atoms with Crippen LogP contribution in [0.1, 0.15) is 47.1 Å². The fourth-order valence-corrected chi connectivity index (χ4v) is 1.86. The van der Waals surface area contributed by atoms with E-state index in [9.17, 15) is 9.59 Å². The van der Waals surface area contributed by atoms with Crippen molar-refractivity contribution < 1.29 is 19.1 Å². The molecule has 0 radical (unpaired) electrons. The first-order valence-electron chi connectivity index (χ1n) is 7.93. The molecule has 134 valence electrons. The Bertz CT molecular complexity index is 568. The fourth-order valence-electron chi connectivity index (χ4n) is 1.86. The summed E-state index contributed by atoms with van der Waals surface area (Å²) in [5, 5.41) is 2.65. The number of nitrogens with two attached hydrogens (primary N) is 1. The second-order valence-corrected chi connectivity index (χ2v) is 7.67. The van der Waals surface area contributed by atoms with Crippen molar-refractivity contribution >= 4 is 17.7 Å². The van der Waals surface area contributed by atoms with Gasteiger partial charge in [-0.05, 0) is 65.7 Å². The Morgan fingerprint density at radius 1 is 1.00 bits per heavy atom. The van der Waals surface area contributed by atoms with E-state index in [1.807, 2.05) is 0 Å². The molecule has 3 N–H and O–H groups in total. The molecule has 24 heavy (non-hydrogen) atoms. The van der Waals surface area contributed by atoms with Crippen molar-refractivity contribution in [3.8, 4) is 0 Å². The van der Waals surface area contributed by atoms with Gasteiger partial charge in [-0.3, -0.25) is 10.1 Å². The molecule has 0 aliphatic carbocycles. The highest BCUT2D eigenvalue weighted by molar-refractivity contribution is 5.84. The zero-order chi connectivity index (χ0) is 18.5. The predicted molar refractivity (Wildman–Crippen MR) is 93.8 cm³/mol. The lowest BCUT2D eigenvalue weighted by Crippen LogP contribution is -2.38. The first-order chi connectivity index (χ1) is 10.9. The molecule has 0 unspecified atom stereocenters. The summed E-state index contributed by atoms with van der Waals surface area (Å²) in [5.41, 5.74) is 6.26. The summed E-state index contributed by atoms with van der Waals surface area (Å²) in [7, 11) is 0. The molecule has 0 fully saturated rings. The van der Waals surface area contributed by atoms with Crippen LogP contribution in [-0.4, -0.2) is 29.3 Å². The lowest BCUT2D eigenvalue weighted by molar-refractivity contribution is -0.156. The summed E-state index contributed by atoms with van der Waals surface area (Å²) in [6.07, 6.45) is -0.151. The quantitative estimate of drug-likeness (QED) is 0.824. The molecule has 0 bridgehead atoms. The average molecular weight is 336 g/mol. The van der Waals surface area contributed by atoms with Gasteiger partial charge in [0.05, 0.1) is 0 Å². The summed E-state index contributed by atoms with van der Waals surface area (Å²) >= 11 is 0. The van der Waals surface area contributed by atoms with E-state index in [1.165, 1.54) is 0 Å². The first-order valence-corrected chi connectivity index (χ1v) is 7.93. The number of carbonyl (C=O) groups is 2. The smallest absolute Gasteiger partial charge is 0.412 e. The van der Waals surface area contributed by atoms with Gasteiger partial charge in [-0.15, -0.1) is 0 Å². The number of hydrogen-bond donors (Lipinski definition) is 2.